The van der Waals surface area contributed by atoms with Crippen molar-refractivity contribution in [3.8, 4) is 6.07 Å². The summed E-state index contributed by atoms with van der Waals surface area (Å²) >= 11 is 5.86. The van der Waals surface area contributed by atoms with Crippen LogP contribution < -0.4 is 5.32 Å². The first-order valence-corrected chi connectivity index (χ1v) is 7.11. The van der Waals surface area contributed by atoms with Crippen molar-refractivity contribution in [1.82, 2.24) is 0 Å². The summed E-state index contributed by atoms with van der Waals surface area (Å²) < 4.78 is 0. The zero-order valence-electron chi connectivity index (χ0n) is 10.6. The number of benzene rings is 1. The van der Waals surface area contributed by atoms with Gasteiger partial charge in [0.25, 0.3) is 0 Å². The number of halogens is 1. The summed E-state index contributed by atoms with van der Waals surface area (Å²) in [7, 11) is 0. The molecule has 0 atom stereocenters. The second-order valence-electron chi connectivity index (χ2n) is 5.02. The molecule has 0 unspecified atom stereocenters. The van der Waals surface area contributed by atoms with Crippen LogP contribution in [0.4, 0.5) is 5.69 Å². The van der Waals surface area contributed by atoms with Gasteiger partial charge in [-0.2, -0.15) is 5.26 Å². The van der Waals surface area contributed by atoms with Crippen LogP contribution >= 0.6 is 11.6 Å². The molecule has 0 amide bonds. The Bertz CT molecular complexity index is 431. The van der Waals surface area contributed by atoms with Crippen LogP contribution in [0.2, 0.25) is 5.02 Å². The normalized spacial score (nSPS) is 15.6. The van der Waals surface area contributed by atoms with Gasteiger partial charge >= 0.3 is 0 Å². The Morgan fingerprint density at radius 2 is 2.11 bits per heavy atom. The highest BCUT2D eigenvalue weighted by Gasteiger charge is 2.13. The van der Waals surface area contributed by atoms with Crippen LogP contribution in [0.1, 0.15) is 44.1 Å². The maximum atomic E-state index is 9.02. The molecule has 0 heterocycles. The largest absolute Gasteiger partial charge is 0.384 e. The number of hydrogen-bond acceptors (Lipinski definition) is 2. The number of nitrogens with zero attached hydrogens (tertiary/aromatic N) is 1. The zero-order valence-corrected chi connectivity index (χ0v) is 11.3. The second-order valence-corrected chi connectivity index (χ2v) is 5.46. The van der Waals surface area contributed by atoms with E-state index in [9.17, 15) is 0 Å². The van der Waals surface area contributed by atoms with Gasteiger partial charge in [0.05, 0.1) is 11.3 Å². The molecule has 18 heavy (non-hydrogen) atoms. The van der Waals surface area contributed by atoms with Crippen molar-refractivity contribution in [2.75, 3.05) is 11.9 Å². The van der Waals surface area contributed by atoms with Crippen molar-refractivity contribution >= 4 is 17.3 Å². The number of nitriles is 1. The van der Waals surface area contributed by atoms with Crippen LogP contribution in [0.3, 0.4) is 0 Å². The second kappa shape index (κ2) is 6.66. The van der Waals surface area contributed by atoms with E-state index in [-0.39, 0.29) is 0 Å². The van der Waals surface area contributed by atoms with Crippen LogP contribution in [0.15, 0.2) is 18.2 Å². The lowest BCUT2D eigenvalue weighted by molar-refractivity contribution is 0.491. The zero-order chi connectivity index (χ0) is 12.8. The smallest absolute Gasteiger partial charge is 0.101 e. The van der Waals surface area contributed by atoms with Crippen LogP contribution in [0.5, 0.6) is 0 Å². The van der Waals surface area contributed by atoms with Gasteiger partial charge in [-0.1, -0.05) is 37.3 Å². The fourth-order valence-electron chi connectivity index (χ4n) is 2.68. The van der Waals surface area contributed by atoms with Crippen LogP contribution in [0, 0.1) is 17.2 Å². The molecule has 1 N–H and O–H groups in total. The molecule has 0 radical (unpaired) electrons. The number of rotatable bonds is 5. The van der Waals surface area contributed by atoms with E-state index < -0.39 is 0 Å². The topological polar surface area (TPSA) is 35.8 Å². The predicted octanol–water partition coefficient (Wildman–Crippen LogP) is 4.59. The van der Waals surface area contributed by atoms with Gasteiger partial charge < -0.3 is 5.32 Å². The average molecular weight is 263 g/mol. The molecule has 3 heteroatoms. The van der Waals surface area contributed by atoms with Gasteiger partial charge in [0.1, 0.15) is 6.07 Å². The van der Waals surface area contributed by atoms with E-state index in [4.69, 9.17) is 16.9 Å². The molecule has 1 saturated carbocycles. The Morgan fingerprint density at radius 1 is 1.33 bits per heavy atom. The standard InChI is InChI=1S/C15H19ClN2/c16-14-7-8-15(13(10-14)11-17)18-9-3-6-12-4-1-2-5-12/h7-8,10,12,18H,1-6,9H2. The predicted molar refractivity (Wildman–Crippen MR) is 75.8 cm³/mol. The molecule has 0 spiro atoms. The lowest BCUT2D eigenvalue weighted by atomic mass is 10.0. The van der Waals surface area contributed by atoms with Crippen molar-refractivity contribution in [1.29, 1.82) is 5.26 Å². The third-order valence-corrected chi connectivity index (χ3v) is 3.92. The molecule has 1 aliphatic carbocycles. The van der Waals surface area contributed by atoms with E-state index in [1.165, 1.54) is 38.5 Å². The molecule has 0 saturated heterocycles. The van der Waals surface area contributed by atoms with Gasteiger partial charge in [0.2, 0.25) is 0 Å². The average Bonchev–Trinajstić information content (AvgIpc) is 2.89. The molecule has 96 valence electrons. The lowest BCUT2D eigenvalue weighted by Gasteiger charge is -2.11. The van der Waals surface area contributed by atoms with Crippen molar-refractivity contribution < 1.29 is 0 Å². The van der Waals surface area contributed by atoms with E-state index in [1.807, 2.05) is 12.1 Å². The van der Waals surface area contributed by atoms with Crippen LogP contribution in [-0.2, 0) is 0 Å². The third kappa shape index (κ3) is 3.65. The first-order chi connectivity index (χ1) is 8.79. The molecule has 1 fully saturated rings. The number of hydrogen-bond donors (Lipinski definition) is 1. The van der Waals surface area contributed by atoms with Gasteiger partial charge in [-0.25, -0.2) is 0 Å². The Hall–Kier alpha value is -1.20. The van der Waals surface area contributed by atoms with Crippen molar-refractivity contribution in [2.24, 2.45) is 5.92 Å². The van der Waals surface area contributed by atoms with E-state index in [1.54, 1.807) is 6.07 Å². The highest BCUT2D eigenvalue weighted by Crippen LogP contribution is 2.28. The minimum Gasteiger partial charge on any atom is -0.384 e. The quantitative estimate of drug-likeness (QED) is 0.788. The molecule has 1 aromatic carbocycles. The van der Waals surface area contributed by atoms with E-state index in [2.05, 4.69) is 11.4 Å². The third-order valence-electron chi connectivity index (χ3n) is 3.68. The Kier molecular flexibility index (Phi) is 4.90. The Morgan fingerprint density at radius 3 is 2.83 bits per heavy atom. The van der Waals surface area contributed by atoms with Crippen LogP contribution in [0.25, 0.3) is 0 Å². The molecule has 0 aliphatic heterocycles. The minimum atomic E-state index is 0.614. The van der Waals surface area contributed by atoms with Gasteiger partial charge in [-0.3, -0.25) is 0 Å². The molecule has 1 aliphatic rings. The van der Waals surface area contributed by atoms with Gasteiger partial charge in [0, 0.05) is 11.6 Å². The summed E-state index contributed by atoms with van der Waals surface area (Å²) in [5, 5.41) is 13.0. The minimum absolute atomic E-state index is 0.614. The van der Waals surface area contributed by atoms with Crippen molar-refractivity contribution in [3.05, 3.63) is 28.8 Å². The summed E-state index contributed by atoms with van der Waals surface area (Å²) in [5.74, 6) is 0.937. The summed E-state index contributed by atoms with van der Waals surface area (Å²) in [6.07, 6.45) is 8.12. The number of anilines is 1. The van der Waals surface area contributed by atoms with Crippen molar-refractivity contribution in [3.63, 3.8) is 0 Å². The van der Waals surface area contributed by atoms with Gasteiger partial charge in [0.15, 0.2) is 0 Å². The van der Waals surface area contributed by atoms with E-state index in [0.717, 1.165) is 18.2 Å². The van der Waals surface area contributed by atoms with Gasteiger partial charge in [-0.15, -0.1) is 0 Å². The lowest BCUT2D eigenvalue weighted by Crippen LogP contribution is -2.05. The molecule has 2 nitrogen and oxygen atoms in total. The molecular formula is C15H19ClN2. The Labute approximate surface area is 114 Å². The first-order valence-electron chi connectivity index (χ1n) is 6.73. The highest BCUT2D eigenvalue weighted by atomic mass is 35.5. The summed E-state index contributed by atoms with van der Waals surface area (Å²) in [6, 6.07) is 7.59. The molecular weight excluding hydrogens is 244 g/mol. The van der Waals surface area contributed by atoms with Gasteiger partial charge in [-0.05, 0) is 37.0 Å². The maximum absolute atomic E-state index is 9.02. The SMILES string of the molecule is N#Cc1cc(Cl)ccc1NCCCC1CCCC1. The highest BCUT2D eigenvalue weighted by molar-refractivity contribution is 6.30. The monoisotopic (exact) mass is 262 g/mol. The Balaban J connectivity index is 1.77. The molecule has 1 aromatic rings. The summed E-state index contributed by atoms with van der Waals surface area (Å²) in [5.41, 5.74) is 1.52. The van der Waals surface area contributed by atoms with Crippen LogP contribution in [-0.4, -0.2) is 6.54 Å². The molecule has 0 bridgehead atoms. The molecule has 2 rings (SSSR count). The maximum Gasteiger partial charge on any atom is 0.101 e. The fraction of sp³-hybridized carbons (Fsp3) is 0.533. The fourth-order valence-corrected chi connectivity index (χ4v) is 2.85. The van der Waals surface area contributed by atoms with Crippen molar-refractivity contribution in [2.45, 2.75) is 38.5 Å². The van der Waals surface area contributed by atoms with E-state index in [0.29, 0.717) is 10.6 Å². The number of nitrogens with one attached hydrogen (secondary N) is 1. The summed E-state index contributed by atoms with van der Waals surface area (Å²) in [4.78, 5) is 0. The first kappa shape index (κ1) is 13.2. The van der Waals surface area contributed by atoms with E-state index >= 15 is 0 Å². The molecule has 0 aromatic heterocycles. The summed E-state index contributed by atoms with van der Waals surface area (Å²) in [6.45, 7) is 0.937.